The summed E-state index contributed by atoms with van der Waals surface area (Å²) in [6.45, 7) is 7.38. The average Bonchev–Trinajstić information content (AvgIpc) is 2.73. The Bertz CT molecular complexity index is 992. The summed E-state index contributed by atoms with van der Waals surface area (Å²) in [7, 11) is 0. The summed E-state index contributed by atoms with van der Waals surface area (Å²) in [4.78, 5) is 2.38. The summed E-state index contributed by atoms with van der Waals surface area (Å²) >= 11 is 0. The lowest BCUT2D eigenvalue weighted by atomic mass is 9.76. The van der Waals surface area contributed by atoms with Crippen molar-refractivity contribution in [3.8, 4) is 12.3 Å². The van der Waals surface area contributed by atoms with Crippen LogP contribution in [0.5, 0.6) is 0 Å². The minimum atomic E-state index is 0.0237. The Hall–Kier alpha value is -3.24. The predicted molar refractivity (Wildman–Crippen MR) is 115 cm³/mol. The first-order chi connectivity index (χ1) is 13.2. The molecule has 1 aliphatic rings. The van der Waals surface area contributed by atoms with Gasteiger partial charge in [0, 0.05) is 23.8 Å². The standard InChI is InChI=1S/C26H23N/c1-4-23-24-12-8-9-13-26(24)27(22-16-14-19(2)15-17-22)18-25(23)20(3)21-10-6-5-7-11-21/h1,5-17,23,25H,3,18H2,2H3/t23-,25-/m1/s1. The van der Waals surface area contributed by atoms with Crippen LogP contribution < -0.4 is 4.90 Å². The van der Waals surface area contributed by atoms with E-state index < -0.39 is 0 Å². The van der Waals surface area contributed by atoms with Crippen molar-refractivity contribution in [3.63, 3.8) is 0 Å². The number of para-hydroxylation sites is 1. The maximum atomic E-state index is 6.02. The molecule has 0 amide bonds. The Morgan fingerprint density at radius 1 is 0.963 bits per heavy atom. The summed E-state index contributed by atoms with van der Waals surface area (Å²) < 4.78 is 0. The zero-order valence-electron chi connectivity index (χ0n) is 15.6. The van der Waals surface area contributed by atoms with Gasteiger partial charge in [-0.3, -0.25) is 0 Å². The lowest BCUT2D eigenvalue weighted by Gasteiger charge is -2.40. The van der Waals surface area contributed by atoms with Crippen LogP contribution in [0.25, 0.3) is 5.57 Å². The van der Waals surface area contributed by atoms with Gasteiger partial charge in [0.25, 0.3) is 0 Å². The SMILES string of the molecule is C#C[C@@H]1c2ccccc2N(c2ccc(C)cc2)C[C@@H]1C(=C)c1ccccc1. The Balaban J connectivity index is 1.81. The Morgan fingerprint density at radius 2 is 1.63 bits per heavy atom. The summed E-state index contributed by atoms with van der Waals surface area (Å²) in [5.74, 6) is 3.24. The summed E-state index contributed by atoms with van der Waals surface area (Å²) in [5, 5.41) is 0. The molecule has 0 aromatic heterocycles. The fraction of sp³-hybridized carbons (Fsp3) is 0.154. The monoisotopic (exact) mass is 349 g/mol. The van der Waals surface area contributed by atoms with Crippen LogP contribution in [0.1, 0.15) is 22.6 Å². The van der Waals surface area contributed by atoms with Gasteiger partial charge in [0.2, 0.25) is 0 Å². The largest absolute Gasteiger partial charge is 0.341 e. The van der Waals surface area contributed by atoms with Gasteiger partial charge in [0.15, 0.2) is 0 Å². The van der Waals surface area contributed by atoms with Crippen molar-refractivity contribution >= 4 is 16.9 Å². The van der Waals surface area contributed by atoms with E-state index in [2.05, 4.69) is 97.1 Å². The van der Waals surface area contributed by atoms with Crippen LogP contribution in [-0.2, 0) is 0 Å². The number of benzene rings is 3. The van der Waals surface area contributed by atoms with E-state index in [0.717, 1.165) is 17.7 Å². The van der Waals surface area contributed by atoms with Gasteiger partial charge in [-0.25, -0.2) is 0 Å². The van der Waals surface area contributed by atoms with Gasteiger partial charge in [-0.1, -0.05) is 78.7 Å². The molecule has 0 unspecified atom stereocenters. The van der Waals surface area contributed by atoms with Crippen molar-refractivity contribution in [2.75, 3.05) is 11.4 Å². The molecular formula is C26H23N. The molecule has 0 spiro atoms. The van der Waals surface area contributed by atoms with E-state index in [-0.39, 0.29) is 11.8 Å². The number of rotatable bonds is 3. The normalized spacial score (nSPS) is 18.4. The maximum absolute atomic E-state index is 6.02. The Kier molecular flexibility index (Phi) is 4.57. The van der Waals surface area contributed by atoms with Crippen molar-refractivity contribution < 1.29 is 0 Å². The first kappa shape index (κ1) is 17.2. The van der Waals surface area contributed by atoms with Gasteiger partial charge < -0.3 is 4.90 Å². The van der Waals surface area contributed by atoms with Gasteiger partial charge in [-0.05, 0) is 41.8 Å². The molecule has 0 bridgehead atoms. The lowest BCUT2D eigenvalue weighted by molar-refractivity contribution is 0.590. The van der Waals surface area contributed by atoms with E-state index >= 15 is 0 Å². The van der Waals surface area contributed by atoms with Crippen molar-refractivity contribution in [1.82, 2.24) is 0 Å². The van der Waals surface area contributed by atoms with Crippen LogP contribution in [0.2, 0.25) is 0 Å². The molecule has 0 saturated carbocycles. The molecule has 0 aliphatic carbocycles. The molecule has 3 aromatic rings. The van der Waals surface area contributed by atoms with Gasteiger partial charge >= 0.3 is 0 Å². The predicted octanol–water partition coefficient (Wildman–Crippen LogP) is 6.19. The van der Waals surface area contributed by atoms with E-state index in [4.69, 9.17) is 6.42 Å². The van der Waals surface area contributed by atoms with Crippen molar-refractivity contribution in [1.29, 1.82) is 0 Å². The molecule has 1 heteroatoms. The molecule has 4 rings (SSSR count). The first-order valence-electron chi connectivity index (χ1n) is 9.32. The Labute approximate surface area is 162 Å². The molecule has 0 saturated heterocycles. The number of hydrogen-bond acceptors (Lipinski definition) is 1. The fourth-order valence-corrected chi connectivity index (χ4v) is 3.97. The van der Waals surface area contributed by atoms with Gasteiger partial charge in [0.05, 0.1) is 5.92 Å². The van der Waals surface area contributed by atoms with Crippen molar-refractivity contribution in [2.45, 2.75) is 12.8 Å². The molecule has 2 atom stereocenters. The number of hydrogen-bond donors (Lipinski definition) is 0. The molecular weight excluding hydrogens is 326 g/mol. The molecule has 132 valence electrons. The summed E-state index contributed by atoms with van der Waals surface area (Å²) in [5.41, 5.74) is 7.11. The molecule has 1 heterocycles. The van der Waals surface area contributed by atoms with E-state index in [1.165, 1.54) is 22.5 Å². The smallest absolute Gasteiger partial charge is 0.0555 e. The highest BCUT2D eigenvalue weighted by molar-refractivity contribution is 5.75. The molecule has 1 aliphatic heterocycles. The van der Waals surface area contributed by atoms with Crippen LogP contribution in [0, 0.1) is 25.2 Å². The van der Waals surface area contributed by atoms with E-state index in [0.29, 0.717) is 0 Å². The van der Waals surface area contributed by atoms with E-state index in [1.54, 1.807) is 0 Å². The summed E-state index contributed by atoms with van der Waals surface area (Å²) in [6, 6.07) is 27.5. The second-order valence-electron chi connectivity index (χ2n) is 7.15. The quantitative estimate of drug-likeness (QED) is 0.509. The van der Waals surface area contributed by atoms with Crippen LogP contribution in [0.3, 0.4) is 0 Å². The summed E-state index contributed by atoms with van der Waals surface area (Å²) in [6.07, 6.45) is 6.02. The van der Waals surface area contributed by atoms with Crippen LogP contribution in [0.4, 0.5) is 11.4 Å². The third-order valence-electron chi connectivity index (χ3n) is 5.46. The minimum absolute atomic E-state index is 0.0237. The second kappa shape index (κ2) is 7.17. The lowest BCUT2D eigenvalue weighted by Crippen LogP contribution is -2.35. The number of fused-ring (bicyclic) bond motifs is 1. The van der Waals surface area contributed by atoms with Crippen LogP contribution >= 0.6 is 0 Å². The van der Waals surface area contributed by atoms with Crippen molar-refractivity contribution in [2.24, 2.45) is 5.92 Å². The third-order valence-corrected chi connectivity index (χ3v) is 5.46. The molecule has 3 aromatic carbocycles. The van der Waals surface area contributed by atoms with Crippen molar-refractivity contribution in [3.05, 3.63) is 102 Å². The number of anilines is 2. The van der Waals surface area contributed by atoms with Crippen LogP contribution in [-0.4, -0.2) is 6.54 Å². The third kappa shape index (κ3) is 3.15. The molecule has 0 N–H and O–H groups in total. The zero-order valence-corrected chi connectivity index (χ0v) is 15.6. The van der Waals surface area contributed by atoms with Crippen LogP contribution in [0.15, 0.2) is 85.4 Å². The van der Waals surface area contributed by atoms with Gasteiger partial charge in [0.1, 0.15) is 0 Å². The average molecular weight is 349 g/mol. The topological polar surface area (TPSA) is 3.24 Å². The Morgan fingerprint density at radius 3 is 2.33 bits per heavy atom. The molecule has 0 radical (unpaired) electrons. The second-order valence-corrected chi connectivity index (χ2v) is 7.15. The first-order valence-corrected chi connectivity index (χ1v) is 9.32. The maximum Gasteiger partial charge on any atom is 0.0555 e. The van der Waals surface area contributed by atoms with Gasteiger partial charge in [-0.15, -0.1) is 6.42 Å². The number of terminal acetylenes is 1. The molecule has 1 nitrogen and oxygen atoms in total. The zero-order chi connectivity index (χ0) is 18.8. The van der Waals surface area contributed by atoms with E-state index in [1.807, 2.05) is 6.07 Å². The fourth-order valence-electron chi connectivity index (χ4n) is 3.97. The molecule has 27 heavy (non-hydrogen) atoms. The van der Waals surface area contributed by atoms with Gasteiger partial charge in [-0.2, -0.15) is 0 Å². The highest BCUT2D eigenvalue weighted by atomic mass is 15.1. The van der Waals surface area contributed by atoms with E-state index in [9.17, 15) is 0 Å². The molecule has 0 fully saturated rings. The number of nitrogens with zero attached hydrogens (tertiary/aromatic N) is 1. The number of aryl methyl sites for hydroxylation is 1. The minimum Gasteiger partial charge on any atom is -0.341 e. The highest BCUT2D eigenvalue weighted by Gasteiger charge is 2.34. The highest BCUT2D eigenvalue weighted by Crippen LogP contribution is 2.45.